The van der Waals surface area contributed by atoms with Gasteiger partial charge in [0.25, 0.3) is 0 Å². The van der Waals surface area contributed by atoms with E-state index >= 15 is 0 Å². The molecule has 1 aromatic carbocycles. The fraction of sp³-hybridized carbons (Fsp3) is 0.462. The molecule has 104 valence electrons. The molecule has 0 heterocycles. The van der Waals surface area contributed by atoms with Crippen molar-refractivity contribution in [2.75, 3.05) is 20.3 Å². The summed E-state index contributed by atoms with van der Waals surface area (Å²) in [6.45, 7) is 1.02. The van der Waals surface area contributed by atoms with E-state index in [2.05, 4.69) is 4.72 Å². The molecule has 0 unspecified atom stereocenters. The Morgan fingerprint density at radius 1 is 1.26 bits per heavy atom. The molecule has 5 nitrogen and oxygen atoms in total. The van der Waals surface area contributed by atoms with Crippen LogP contribution in [0, 0.1) is 11.3 Å². The van der Waals surface area contributed by atoms with E-state index in [9.17, 15) is 8.42 Å². The first-order valence-electron chi connectivity index (χ1n) is 6.04. The first-order valence-corrected chi connectivity index (χ1v) is 7.53. The summed E-state index contributed by atoms with van der Waals surface area (Å²) in [4.78, 5) is 0.223. The number of ether oxygens (including phenoxy) is 1. The lowest BCUT2D eigenvalue weighted by Crippen LogP contribution is -2.25. The molecule has 0 spiro atoms. The van der Waals surface area contributed by atoms with Gasteiger partial charge in [-0.3, -0.25) is 0 Å². The van der Waals surface area contributed by atoms with Crippen LogP contribution < -0.4 is 4.72 Å². The monoisotopic (exact) mass is 282 g/mol. The van der Waals surface area contributed by atoms with Crippen LogP contribution in [0.5, 0.6) is 0 Å². The molecule has 0 aromatic heterocycles. The van der Waals surface area contributed by atoms with Crippen molar-refractivity contribution < 1.29 is 13.2 Å². The summed E-state index contributed by atoms with van der Waals surface area (Å²) >= 11 is 0. The molecule has 0 amide bonds. The number of rotatable bonds is 8. The lowest BCUT2D eigenvalue weighted by molar-refractivity contribution is 0.193. The Balaban J connectivity index is 2.55. The average molecular weight is 282 g/mol. The van der Waals surface area contributed by atoms with E-state index in [4.69, 9.17) is 10.00 Å². The maximum Gasteiger partial charge on any atom is 0.240 e. The second-order valence-electron chi connectivity index (χ2n) is 4.08. The zero-order chi connectivity index (χ0) is 14.1. The molecule has 19 heavy (non-hydrogen) atoms. The molecule has 0 bridgehead atoms. The third-order valence-electron chi connectivity index (χ3n) is 2.58. The molecule has 1 N–H and O–H groups in total. The highest BCUT2D eigenvalue weighted by Crippen LogP contribution is 2.10. The van der Waals surface area contributed by atoms with E-state index in [1.807, 2.05) is 6.07 Å². The third-order valence-corrected chi connectivity index (χ3v) is 4.06. The van der Waals surface area contributed by atoms with Gasteiger partial charge in [0.05, 0.1) is 17.4 Å². The zero-order valence-corrected chi connectivity index (χ0v) is 11.7. The highest BCUT2D eigenvalue weighted by atomic mass is 32.2. The number of hydrogen-bond donors (Lipinski definition) is 1. The van der Waals surface area contributed by atoms with Crippen LogP contribution in [0.3, 0.4) is 0 Å². The molecule has 0 aliphatic carbocycles. The minimum atomic E-state index is -3.45. The molecule has 6 heteroatoms. The van der Waals surface area contributed by atoms with E-state index in [0.717, 1.165) is 18.4 Å². The van der Waals surface area contributed by atoms with Crippen molar-refractivity contribution in [3.05, 3.63) is 29.8 Å². The van der Waals surface area contributed by atoms with Gasteiger partial charge < -0.3 is 4.74 Å². The van der Waals surface area contributed by atoms with E-state index in [0.29, 0.717) is 13.2 Å². The number of nitrogens with zero attached hydrogens (tertiary/aromatic N) is 1. The lowest BCUT2D eigenvalue weighted by atomic mass is 10.2. The molecular weight excluding hydrogens is 264 g/mol. The van der Waals surface area contributed by atoms with Crippen LogP contribution in [-0.4, -0.2) is 28.7 Å². The van der Waals surface area contributed by atoms with Crippen LogP contribution in [0.4, 0.5) is 0 Å². The third kappa shape index (κ3) is 5.39. The van der Waals surface area contributed by atoms with Gasteiger partial charge in [0.15, 0.2) is 0 Å². The van der Waals surface area contributed by atoms with Crippen LogP contribution in [0.2, 0.25) is 0 Å². The zero-order valence-electron chi connectivity index (χ0n) is 10.9. The molecule has 0 saturated carbocycles. The number of nitriles is 1. The molecule has 0 saturated heterocycles. The van der Waals surface area contributed by atoms with Gasteiger partial charge in [-0.15, -0.1) is 0 Å². The van der Waals surface area contributed by atoms with Crippen molar-refractivity contribution in [2.24, 2.45) is 0 Å². The second kappa shape index (κ2) is 7.89. The second-order valence-corrected chi connectivity index (χ2v) is 5.84. The Labute approximate surface area is 114 Å². The topological polar surface area (TPSA) is 79.2 Å². The van der Waals surface area contributed by atoms with Gasteiger partial charge in [-0.05, 0) is 30.5 Å². The Hall–Kier alpha value is -1.42. The summed E-state index contributed by atoms with van der Waals surface area (Å²) in [6.07, 6.45) is 1.84. The van der Waals surface area contributed by atoms with Crippen molar-refractivity contribution in [1.82, 2.24) is 4.72 Å². The fourth-order valence-corrected chi connectivity index (χ4v) is 2.61. The molecule has 0 aliphatic heterocycles. The number of methoxy groups -OCH3 is 1. The highest BCUT2D eigenvalue weighted by molar-refractivity contribution is 7.89. The molecule has 0 atom stereocenters. The summed E-state index contributed by atoms with van der Waals surface area (Å²) in [5, 5.41) is 8.55. The summed E-state index contributed by atoms with van der Waals surface area (Å²) in [5.41, 5.74) is 0.807. The predicted molar refractivity (Wildman–Crippen MR) is 72.1 cm³/mol. The van der Waals surface area contributed by atoms with Gasteiger partial charge in [0, 0.05) is 20.3 Å². The summed E-state index contributed by atoms with van der Waals surface area (Å²) in [6, 6.07) is 8.37. The standard InChI is InChI=1S/C13H18N2O3S/c1-18-11-3-2-10-15-19(16,17)13-6-4-12(5-7-13)8-9-14/h4-7,15H,2-3,8,10-11H2,1H3. The minimum Gasteiger partial charge on any atom is -0.385 e. The van der Waals surface area contributed by atoms with Crippen LogP contribution in [0.25, 0.3) is 0 Å². The maximum atomic E-state index is 11.9. The summed E-state index contributed by atoms with van der Waals surface area (Å²) < 4.78 is 31.3. The summed E-state index contributed by atoms with van der Waals surface area (Å²) in [5.74, 6) is 0. The van der Waals surface area contributed by atoms with Gasteiger partial charge in [0.2, 0.25) is 10.0 Å². The van der Waals surface area contributed by atoms with Crippen molar-refractivity contribution in [3.8, 4) is 6.07 Å². The van der Waals surface area contributed by atoms with Crippen LogP contribution in [0.1, 0.15) is 18.4 Å². The predicted octanol–water partition coefficient (Wildman–Crippen LogP) is 1.46. The van der Waals surface area contributed by atoms with E-state index in [-0.39, 0.29) is 11.3 Å². The molecule has 1 aromatic rings. The maximum absolute atomic E-state index is 11.9. The lowest BCUT2D eigenvalue weighted by Gasteiger charge is -2.07. The molecular formula is C13H18N2O3S. The normalized spacial score (nSPS) is 11.2. The Kier molecular flexibility index (Phi) is 6.50. The van der Waals surface area contributed by atoms with Crippen molar-refractivity contribution in [1.29, 1.82) is 5.26 Å². The summed E-state index contributed by atoms with van der Waals surface area (Å²) in [7, 11) is -1.83. The quantitative estimate of drug-likeness (QED) is 0.732. The van der Waals surface area contributed by atoms with Gasteiger partial charge in [-0.2, -0.15) is 5.26 Å². The van der Waals surface area contributed by atoms with Gasteiger partial charge >= 0.3 is 0 Å². The molecule has 0 radical (unpaired) electrons. The van der Waals surface area contributed by atoms with Crippen molar-refractivity contribution >= 4 is 10.0 Å². The first-order chi connectivity index (χ1) is 9.10. The van der Waals surface area contributed by atoms with Gasteiger partial charge in [-0.1, -0.05) is 12.1 Å². The van der Waals surface area contributed by atoms with E-state index in [1.165, 1.54) is 12.1 Å². The average Bonchev–Trinajstić information content (AvgIpc) is 2.39. The fourth-order valence-electron chi connectivity index (χ4n) is 1.54. The smallest absolute Gasteiger partial charge is 0.240 e. The Morgan fingerprint density at radius 2 is 1.95 bits per heavy atom. The van der Waals surface area contributed by atoms with Crippen molar-refractivity contribution in [2.45, 2.75) is 24.2 Å². The molecule has 0 fully saturated rings. The Bertz CT molecular complexity index is 518. The van der Waals surface area contributed by atoms with Crippen molar-refractivity contribution in [3.63, 3.8) is 0 Å². The molecule has 0 aliphatic rings. The first kappa shape index (κ1) is 15.6. The van der Waals surface area contributed by atoms with Gasteiger partial charge in [0.1, 0.15) is 0 Å². The van der Waals surface area contributed by atoms with Gasteiger partial charge in [-0.25, -0.2) is 13.1 Å². The number of benzene rings is 1. The van der Waals surface area contributed by atoms with Crippen LogP contribution in [-0.2, 0) is 21.2 Å². The van der Waals surface area contributed by atoms with E-state index < -0.39 is 10.0 Å². The number of sulfonamides is 1. The number of hydrogen-bond acceptors (Lipinski definition) is 4. The SMILES string of the molecule is COCCCCNS(=O)(=O)c1ccc(CC#N)cc1. The van der Waals surface area contributed by atoms with Crippen LogP contribution in [0.15, 0.2) is 29.2 Å². The number of unbranched alkanes of at least 4 members (excludes halogenated alkanes) is 1. The molecule has 1 rings (SSSR count). The highest BCUT2D eigenvalue weighted by Gasteiger charge is 2.12. The van der Waals surface area contributed by atoms with Crippen LogP contribution >= 0.6 is 0 Å². The number of nitrogens with one attached hydrogen (secondary N) is 1. The largest absolute Gasteiger partial charge is 0.385 e. The minimum absolute atomic E-state index is 0.223. The van der Waals surface area contributed by atoms with E-state index in [1.54, 1.807) is 19.2 Å². The Morgan fingerprint density at radius 3 is 2.53 bits per heavy atom.